The molecule has 0 amide bonds. The SMILES string of the molecule is CCCC1(CN2CCOC3CCCC32)CCNC1. The molecule has 0 bridgehead atoms. The van der Waals surface area contributed by atoms with E-state index in [1.807, 2.05) is 0 Å². The molecule has 3 aliphatic rings. The van der Waals surface area contributed by atoms with Crippen LogP contribution in [0.2, 0.25) is 0 Å². The average Bonchev–Trinajstić information content (AvgIpc) is 2.99. The molecule has 0 radical (unpaired) electrons. The van der Waals surface area contributed by atoms with Crippen LogP contribution in [-0.4, -0.2) is 49.8 Å². The second-order valence-electron chi connectivity index (χ2n) is 6.55. The Morgan fingerprint density at radius 3 is 3.11 bits per heavy atom. The first-order chi connectivity index (χ1) is 8.83. The highest BCUT2D eigenvalue weighted by Gasteiger charge is 2.41. The van der Waals surface area contributed by atoms with E-state index in [2.05, 4.69) is 17.1 Å². The van der Waals surface area contributed by atoms with Crippen molar-refractivity contribution < 1.29 is 4.74 Å². The van der Waals surface area contributed by atoms with Crippen LogP contribution in [0.4, 0.5) is 0 Å². The summed E-state index contributed by atoms with van der Waals surface area (Å²) in [7, 11) is 0. The summed E-state index contributed by atoms with van der Waals surface area (Å²) in [4.78, 5) is 2.77. The minimum absolute atomic E-state index is 0.548. The van der Waals surface area contributed by atoms with Gasteiger partial charge in [-0.25, -0.2) is 0 Å². The Morgan fingerprint density at radius 2 is 2.33 bits per heavy atom. The van der Waals surface area contributed by atoms with Gasteiger partial charge < -0.3 is 10.1 Å². The van der Waals surface area contributed by atoms with Crippen LogP contribution in [0.3, 0.4) is 0 Å². The molecule has 3 fully saturated rings. The maximum atomic E-state index is 5.93. The Balaban J connectivity index is 1.66. The normalized spacial score (nSPS) is 41.2. The van der Waals surface area contributed by atoms with Crippen molar-refractivity contribution in [1.82, 2.24) is 10.2 Å². The maximum absolute atomic E-state index is 5.93. The fraction of sp³-hybridized carbons (Fsp3) is 1.00. The topological polar surface area (TPSA) is 24.5 Å². The molecule has 3 nitrogen and oxygen atoms in total. The number of hydrogen-bond acceptors (Lipinski definition) is 3. The van der Waals surface area contributed by atoms with Crippen LogP contribution in [0.1, 0.15) is 45.4 Å². The lowest BCUT2D eigenvalue weighted by molar-refractivity contribution is -0.0679. The zero-order chi connectivity index (χ0) is 12.4. The number of ether oxygens (including phenoxy) is 1. The van der Waals surface area contributed by atoms with Crippen molar-refractivity contribution in [3.05, 3.63) is 0 Å². The maximum Gasteiger partial charge on any atom is 0.0730 e. The Bertz CT molecular complexity index is 276. The van der Waals surface area contributed by atoms with E-state index in [4.69, 9.17) is 4.74 Å². The summed E-state index contributed by atoms with van der Waals surface area (Å²) in [5.74, 6) is 0. The van der Waals surface area contributed by atoms with E-state index in [9.17, 15) is 0 Å². The molecule has 0 aromatic carbocycles. The van der Waals surface area contributed by atoms with Gasteiger partial charge in [0.1, 0.15) is 0 Å². The van der Waals surface area contributed by atoms with E-state index < -0.39 is 0 Å². The van der Waals surface area contributed by atoms with Crippen LogP contribution < -0.4 is 5.32 Å². The third kappa shape index (κ3) is 2.45. The van der Waals surface area contributed by atoms with Crippen LogP contribution in [0, 0.1) is 5.41 Å². The van der Waals surface area contributed by atoms with Gasteiger partial charge in [0.25, 0.3) is 0 Å². The molecule has 104 valence electrons. The molecule has 0 aromatic rings. The van der Waals surface area contributed by atoms with Gasteiger partial charge in [-0.05, 0) is 44.1 Å². The van der Waals surface area contributed by atoms with Crippen molar-refractivity contribution >= 4 is 0 Å². The molecule has 3 heteroatoms. The van der Waals surface area contributed by atoms with E-state index in [-0.39, 0.29) is 0 Å². The van der Waals surface area contributed by atoms with Crippen molar-refractivity contribution in [3.63, 3.8) is 0 Å². The van der Waals surface area contributed by atoms with Gasteiger partial charge in [0.2, 0.25) is 0 Å². The van der Waals surface area contributed by atoms with E-state index in [1.54, 1.807) is 0 Å². The molecule has 3 atom stereocenters. The summed E-state index contributed by atoms with van der Waals surface area (Å²) in [6.07, 6.45) is 8.64. The van der Waals surface area contributed by atoms with Crippen LogP contribution >= 0.6 is 0 Å². The van der Waals surface area contributed by atoms with Gasteiger partial charge in [-0.2, -0.15) is 0 Å². The first kappa shape index (κ1) is 12.9. The first-order valence-corrected chi connectivity index (χ1v) is 7.89. The molecule has 2 aliphatic heterocycles. The smallest absolute Gasteiger partial charge is 0.0730 e. The lowest BCUT2D eigenvalue weighted by atomic mass is 9.81. The molecule has 2 heterocycles. The summed E-state index contributed by atoms with van der Waals surface area (Å²) in [5, 5.41) is 3.59. The van der Waals surface area contributed by atoms with Gasteiger partial charge in [0.05, 0.1) is 12.7 Å². The molecular weight excluding hydrogens is 224 g/mol. The molecule has 0 spiro atoms. The molecule has 18 heavy (non-hydrogen) atoms. The van der Waals surface area contributed by atoms with Gasteiger partial charge in [0, 0.05) is 25.7 Å². The summed E-state index contributed by atoms with van der Waals surface area (Å²) in [6.45, 7) is 8.20. The largest absolute Gasteiger partial charge is 0.375 e. The zero-order valence-corrected chi connectivity index (χ0v) is 11.8. The number of nitrogens with one attached hydrogen (secondary N) is 1. The minimum Gasteiger partial charge on any atom is -0.375 e. The van der Waals surface area contributed by atoms with Gasteiger partial charge in [-0.1, -0.05) is 13.3 Å². The van der Waals surface area contributed by atoms with Crippen molar-refractivity contribution in [2.24, 2.45) is 5.41 Å². The van der Waals surface area contributed by atoms with Gasteiger partial charge >= 0.3 is 0 Å². The number of rotatable bonds is 4. The van der Waals surface area contributed by atoms with Crippen LogP contribution in [0.5, 0.6) is 0 Å². The molecule has 3 unspecified atom stereocenters. The molecule has 1 saturated carbocycles. The number of morpholine rings is 1. The third-order valence-corrected chi connectivity index (χ3v) is 5.25. The molecule has 2 saturated heterocycles. The highest BCUT2D eigenvalue weighted by molar-refractivity contribution is 4.95. The predicted molar refractivity (Wildman–Crippen MR) is 73.8 cm³/mol. The minimum atomic E-state index is 0.548. The molecule has 1 N–H and O–H groups in total. The molecule has 3 rings (SSSR count). The Labute approximate surface area is 111 Å². The summed E-state index contributed by atoms with van der Waals surface area (Å²) in [6, 6.07) is 0.730. The average molecular weight is 252 g/mol. The highest BCUT2D eigenvalue weighted by atomic mass is 16.5. The summed E-state index contributed by atoms with van der Waals surface area (Å²) >= 11 is 0. The van der Waals surface area contributed by atoms with E-state index in [0.29, 0.717) is 11.5 Å². The predicted octanol–water partition coefficient (Wildman–Crippen LogP) is 2.02. The van der Waals surface area contributed by atoms with Gasteiger partial charge in [-0.3, -0.25) is 4.90 Å². The van der Waals surface area contributed by atoms with Crippen molar-refractivity contribution in [3.8, 4) is 0 Å². The van der Waals surface area contributed by atoms with Gasteiger partial charge in [-0.15, -0.1) is 0 Å². The van der Waals surface area contributed by atoms with Crippen LogP contribution in [0.25, 0.3) is 0 Å². The molecule has 1 aliphatic carbocycles. The fourth-order valence-electron chi connectivity index (χ4n) is 4.39. The standard InChI is InChI=1S/C15H28N2O/c1-2-6-15(7-8-16-11-15)12-17-9-10-18-14-5-3-4-13(14)17/h13-14,16H,2-12H2,1H3. The monoisotopic (exact) mass is 252 g/mol. The van der Waals surface area contributed by atoms with Crippen molar-refractivity contribution in [2.45, 2.75) is 57.6 Å². The van der Waals surface area contributed by atoms with Crippen LogP contribution in [0.15, 0.2) is 0 Å². The Hall–Kier alpha value is -0.120. The second-order valence-corrected chi connectivity index (χ2v) is 6.55. The Morgan fingerprint density at radius 1 is 1.39 bits per heavy atom. The lowest BCUT2D eigenvalue weighted by Crippen LogP contribution is -2.52. The molecular formula is C15H28N2O. The quantitative estimate of drug-likeness (QED) is 0.828. The third-order valence-electron chi connectivity index (χ3n) is 5.25. The molecule has 0 aromatic heterocycles. The highest BCUT2D eigenvalue weighted by Crippen LogP contribution is 2.36. The van der Waals surface area contributed by atoms with E-state index in [1.165, 1.54) is 58.2 Å². The first-order valence-electron chi connectivity index (χ1n) is 7.89. The fourth-order valence-corrected chi connectivity index (χ4v) is 4.39. The Kier molecular flexibility index (Phi) is 3.92. The number of hydrogen-bond donors (Lipinski definition) is 1. The van der Waals surface area contributed by atoms with Crippen molar-refractivity contribution in [2.75, 3.05) is 32.8 Å². The van der Waals surface area contributed by atoms with E-state index >= 15 is 0 Å². The summed E-state index contributed by atoms with van der Waals surface area (Å²) < 4.78 is 5.93. The number of fused-ring (bicyclic) bond motifs is 1. The van der Waals surface area contributed by atoms with E-state index in [0.717, 1.165) is 19.2 Å². The zero-order valence-electron chi connectivity index (χ0n) is 11.8. The van der Waals surface area contributed by atoms with Gasteiger partial charge in [0.15, 0.2) is 0 Å². The van der Waals surface area contributed by atoms with Crippen LogP contribution in [-0.2, 0) is 4.74 Å². The second kappa shape index (κ2) is 5.48. The lowest BCUT2D eigenvalue weighted by Gasteiger charge is -2.43. The summed E-state index contributed by atoms with van der Waals surface area (Å²) in [5.41, 5.74) is 0.555. The number of nitrogens with zero attached hydrogens (tertiary/aromatic N) is 1. The van der Waals surface area contributed by atoms with Crippen molar-refractivity contribution in [1.29, 1.82) is 0 Å².